The van der Waals surface area contributed by atoms with Crippen molar-refractivity contribution in [3.63, 3.8) is 0 Å². The molecule has 0 saturated carbocycles. The van der Waals surface area contributed by atoms with Crippen molar-refractivity contribution in [2.75, 3.05) is 19.5 Å². The lowest BCUT2D eigenvalue weighted by atomic mass is 10.2. The van der Waals surface area contributed by atoms with Gasteiger partial charge in [0.05, 0.1) is 19.9 Å². The van der Waals surface area contributed by atoms with E-state index in [0.29, 0.717) is 11.7 Å². The number of para-hydroxylation sites is 2. The molecular formula is C16H18N2O2S. The summed E-state index contributed by atoms with van der Waals surface area (Å²) < 4.78 is 10.4. The maximum absolute atomic E-state index is 5.29. The number of nitrogens with one attached hydrogen (secondary N) is 2. The van der Waals surface area contributed by atoms with E-state index in [0.717, 1.165) is 22.7 Å². The maximum atomic E-state index is 5.29. The van der Waals surface area contributed by atoms with Crippen LogP contribution in [0.15, 0.2) is 48.5 Å². The zero-order valence-electron chi connectivity index (χ0n) is 12.1. The molecule has 0 aliphatic rings. The SMILES string of the molecule is COc1ccc(CNC(=S)Nc2ccccc2OC)cc1. The van der Waals surface area contributed by atoms with Gasteiger partial charge in [0.25, 0.3) is 0 Å². The Labute approximate surface area is 130 Å². The first-order chi connectivity index (χ1) is 10.2. The lowest BCUT2D eigenvalue weighted by Gasteiger charge is -2.13. The minimum absolute atomic E-state index is 0.551. The second kappa shape index (κ2) is 7.50. The third-order valence-electron chi connectivity index (χ3n) is 2.97. The summed E-state index contributed by atoms with van der Waals surface area (Å²) in [5.74, 6) is 1.60. The summed E-state index contributed by atoms with van der Waals surface area (Å²) in [7, 11) is 3.29. The van der Waals surface area contributed by atoms with Crippen molar-refractivity contribution in [1.82, 2.24) is 5.32 Å². The lowest BCUT2D eigenvalue weighted by Crippen LogP contribution is -2.28. The molecule has 2 aromatic rings. The Morgan fingerprint density at radius 2 is 1.71 bits per heavy atom. The van der Waals surface area contributed by atoms with Gasteiger partial charge in [-0.05, 0) is 42.0 Å². The van der Waals surface area contributed by atoms with Gasteiger partial charge in [-0.15, -0.1) is 0 Å². The zero-order valence-corrected chi connectivity index (χ0v) is 12.9. The van der Waals surface area contributed by atoms with E-state index in [1.165, 1.54) is 0 Å². The van der Waals surface area contributed by atoms with Crippen LogP contribution in [0.4, 0.5) is 5.69 Å². The number of hydrogen-bond acceptors (Lipinski definition) is 3. The van der Waals surface area contributed by atoms with Gasteiger partial charge in [-0.3, -0.25) is 0 Å². The molecule has 0 aromatic heterocycles. The second-order valence-corrected chi connectivity index (χ2v) is 4.76. The quantitative estimate of drug-likeness (QED) is 0.830. The molecular weight excluding hydrogens is 284 g/mol. The van der Waals surface area contributed by atoms with Crippen LogP contribution in [0.3, 0.4) is 0 Å². The highest BCUT2D eigenvalue weighted by atomic mass is 32.1. The van der Waals surface area contributed by atoms with Gasteiger partial charge in [-0.2, -0.15) is 0 Å². The van der Waals surface area contributed by atoms with Crippen LogP contribution in [-0.4, -0.2) is 19.3 Å². The molecule has 0 heterocycles. The highest BCUT2D eigenvalue weighted by molar-refractivity contribution is 7.80. The molecule has 2 N–H and O–H groups in total. The molecule has 0 aliphatic heterocycles. The first-order valence-corrected chi connectivity index (χ1v) is 6.94. The van der Waals surface area contributed by atoms with Gasteiger partial charge < -0.3 is 20.1 Å². The van der Waals surface area contributed by atoms with Crippen molar-refractivity contribution in [2.24, 2.45) is 0 Å². The van der Waals surface area contributed by atoms with Crippen LogP contribution in [0.2, 0.25) is 0 Å². The Morgan fingerprint density at radius 1 is 1.00 bits per heavy atom. The van der Waals surface area contributed by atoms with E-state index in [4.69, 9.17) is 21.7 Å². The number of rotatable bonds is 5. The predicted octanol–water partition coefficient (Wildman–Crippen LogP) is 3.19. The topological polar surface area (TPSA) is 42.5 Å². The summed E-state index contributed by atoms with van der Waals surface area (Å²) in [6.07, 6.45) is 0. The average Bonchev–Trinajstić information content (AvgIpc) is 2.54. The summed E-state index contributed by atoms with van der Waals surface area (Å²) in [5.41, 5.74) is 1.97. The van der Waals surface area contributed by atoms with E-state index in [9.17, 15) is 0 Å². The molecule has 0 saturated heterocycles. The fourth-order valence-corrected chi connectivity index (χ4v) is 2.02. The number of thiocarbonyl (C=S) groups is 1. The normalized spacial score (nSPS) is 9.81. The number of benzene rings is 2. The van der Waals surface area contributed by atoms with Crippen molar-refractivity contribution in [3.05, 3.63) is 54.1 Å². The number of methoxy groups -OCH3 is 2. The standard InChI is InChI=1S/C16H18N2O2S/c1-19-13-9-7-12(8-10-13)11-17-16(21)18-14-5-3-4-6-15(14)20-2/h3-10H,11H2,1-2H3,(H2,17,18,21). The second-order valence-electron chi connectivity index (χ2n) is 4.36. The van der Waals surface area contributed by atoms with Crippen molar-refractivity contribution in [3.8, 4) is 11.5 Å². The molecule has 2 rings (SSSR count). The number of anilines is 1. The zero-order chi connectivity index (χ0) is 15.1. The fourth-order valence-electron chi connectivity index (χ4n) is 1.84. The molecule has 0 unspecified atom stereocenters. The first-order valence-electron chi connectivity index (χ1n) is 6.53. The van der Waals surface area contributed by atoms with Gasteiger partial charge in [0.15, 0.2) is 5.11 Å². The molecule has 2 aromatic carbocycles. The highest BCUT2D eigenvalue weighted by Gasteiger charge is 2.03. The molecule has 4 nitrogen and oxygen atoms in total. The first kappa shape index (κ1) is 15.1. The molecule has 110 valence electrons. The minimum Gasteiger partial charge on any atom is -0.497 e. The Morgan fingerprint density at radius 3 is 2.38 bits per heavy atom. The smallest absolute Gasteiger partial charge is 0.171 e. The van der Waals surface area contributed by atoms with Crippen molar-refractivity contribution < 1.29 is 9.47 Å². The Hall–Kier alpha value is -2.27. The van der Waals surface area contributed by atoms with Gasteiger partial charge >= 0.3 is 0 Å². The van der Waals surface area contributed by atoms with Crippen LogP contribution in [0, 0.1) is 0 Å². The molecule has 0 amide bonds. The van der Waals surface area contributed by atoms with E-state index in [1.54, 1.807) is 14.2 Å². The number of hydrogen-bond donors (Lipinski definition) is 2. The third kappa shape index (κ3) is 4.36. The lowest BCUT2D eigenvalue weighted by molar-refractivity contribution is 0.414. The Bertz CT molecular complexity index is 599. The molecule has 0 atom stereocenters. The molecule has 0 radical (unpaired) electrons. The monoisotopic (exact) mass is 302 g/mol. The van der Waals surface area contributed by atoms with Crippen molar-refractivity contribution in [2.45, 2.75) is 6.54 Å². The van der Waals surface area contributed by atoms with E-state index in [-0.39, 0.29) is 0 Å². The molecule has 0 aliphatic carbocycles. The molecule has 0 fully saturated rings. The van der Waals surface area contributed by atoms with E-state index >= 15 is 0 Å². The van der Waals surface area contributed by atoms with Gasteiger partial charge in [-0.25, -0.2) is 0 Å². The van der Waals surface area contributed by atoms with E-state index in [2.05, 4.69) is 10.6 Å². The summed E-state index contributed by atoms with van der Waals surface area (Å²) in [6.45, 7) is 0.644. The third-order valence-corrected chi connectivity index (χ3v) is 3.21. The summed E-state index contributed by atoms with van der Waals surface area (Å²) >= 11 is 5.29. The van der Waals surface area contributed by atoms with Crippen LogP contribution in [0.25, 0.3) is 0 Å². The van der Waals surface area contributed by atoms with E-state index < -0.39 is 0 Å². The van der Waals surface area contributed by atoms with Crippen LogP contribution in [0.5, 0.6) is 11.5 Å². The summed E-state index contributed by atoms with van der Waals surface area (Å²) in [5, 5.41) is 6.84. The summed E-state index contributed by atoms with van der Waals surface area (Å²) in [6, 6.07) is 15.5. The average molecular weight is 302 g/mol. The van der Waals surface area contributed by atoms with Crippen LogP contribution >= 0.6 is 12.2 Å². The van der Waals surface area contributed by atoms with Crippen molar-refractivity contribution >= 4 is 23.0 Å². The maximum Gasteiger partial charge on any atom is 0.171 e. The van der Waals surface area contributed by atoms with Crippen LogP contribution < -0.4 is 20.1 Å². The van der Waals surface area contributed by atoms with Crippen molar-refractivity contribution in [1.29, 1.82) is 0 Å². The molecule has 0 spiro atoms. The molecule has 5 heteroatoms. The largest absolute Gasteiger partial charge is 0.497 e. The highest BCUT2D eigenvalue weighted by Crippen LogP contribution is 2.22. The number of ether oxygens (including phenoxy) is 2. The van der Waals surface area contributed by atoms with Crippen LogP contribution in [0.1, 0.15) is 5.56 Å². The fraction of sp³-hybridized carbons (Fsp3) is 0.188. The predicted molar refractivity (Wildman–Crippen MR) is 89.0 cm³/mol. The minimum atomic E-state index is 0.551. The molecule has 21 heavy (non-hydrogen) atoms. The Balaban J connectivity index is 1.89. The molecule has 0 bridgehead atoms. The van der Waals surface area contributed by atoms with Gasteiger partial charge in [0.1, 0.15) is 11.5 Å². The Kier molecular flexibility index (Phi) is 5.40. The van der Waals surface area contributed by atoms with Crippen LogP contribution in [-0.2, 0) is 6.54 Å². The van der Waals surface area contributed by atoms with Gasteiger partial charge in [0, 0.05) is 6.54 Å². The van der Waals surface area contributed by atoms with Gasteiger partial charge in [0.2, 0.25) is 0 Å². The summed E-state index contributed by atoms with van der Waals surface area (Å²) in [4.78, 5) is 0. The van der Waals surface area contributed by atoms with Gasteiger partial charge in [-0.1, -0.05) is 24.3 Å². The van der Waals surface area contributed by atoms with E-state index in [1.807, 2.05) is 48.5 Å².